The first-order valence-electron chi connectivity index (χ1n) is 13.7. The van der Waals surface area contributed by atoms with Crippen molar-refractivity contribution in [1.82, 2.24) is 29.7 Å². The Morgan fingerprint density at radius 3 is 2.71 bits per heavy atom. The third kappa shape index (κ3) is 5.48. The molecule has 3 aromatic heterocycles. The molecule has 0 spiro atoms. The molecule has 4 heterocycles. The summed E-state index contributed by atoms with van der Waals surface area (Å²) in [5.74, 6) is 0.604. The number of alkyl carbamates (subject to hydrolysis) is 1. The van der Waals surface area contributed by atoms with Gasteiger partial charge in [0.15, 0.2) is 0 Å². The lowest BCUT2D eigenvalue weighted by molar-refractivity contribution is -0.138. The highest BCUT2D eigenvalue weighted by Gasteiger charge is 2.56. The molecule has 4 N–H and O–H groups in total. The molecule has 218 valence electrons. The molecule has 0 unspecified atom stereocenters. The highest BCUT2D eigenvalue weighted by molar-refractivity contribution is 9.10. The maximum Gasteiger partial charge on any atom is 0.407 e. The standard InChI is InChI=1S/C29H31BrN8O4/c1-29(2,3)42-28(41)32-12-15-7-8-18-17(9-15)24-25(31)33-14-34-26(24)37(18)13-23(39)38-19-10-16(19)11-20(38)27(40)36-22-6-4-5-21(30)35-22/h4-9,14,16,19-20H,10-13H2,1-3H3,(H,32,41)(H2,31,33,34)(H,35,36,40)/t16-,19-,20+/m1/s1. The van der Waals surface area contributed by atoms with Crippen molar-refractivity contribution in [2.75, 3.05) is 11.1 Å². The number of benzene rings is 1. The van der Waals surface area contributed by atoms with E-state index in [4.69, 9.17) is 10.5 Å². The van der Waals surface area contributed by atoms with Crippen LogP contribution in [-0.2, 0) is 27.4 Å². The van der Waals surface area contributed by atoms with E-state index in [1.165, 1.54) is 6.33 Å². The van der Waals surface area contributed by atoms with Crippen LogP contribution in [0.1, 0.15) is 39.2 Å². The molecule has 1 saturated carbocycles. The van der Waals surface area contributed by atoms with Crippen LogP contribution in [0.15, 0.2) is 47.3 Å². The molecule has 4 aromatic rings. The molecule has 2 aliphatic rings. The van der Waals surface area contributed by atoms with Gasteiger partial charge in [-0.25, -0.2) is 19.7 Å². The van der Waals surface area contributed by atoms with Gasteiger partial charge in [-0.3, -0.25) is 9.59 Å². The van der Waals surface area contributed by atoms with Crippen LogP contribution >= 0.6 is 15.9 Å². The molecule has 1 aliphatic carbocycles. The van der Waals surface area contributed by atoms with E-state index in [2.05, 4.69) is 41.5 Å². The van der Waals surface area contributed by atoms with Crippen LogP contribution in [0.3, 0.4) is 0 Å². The molecule has 1 aliphatic heterocycles. The lowest BCUT2D eigenvalue weighted by atomic mass is 10.1. The second-order valence-corrected chi connectivity index (χ2v) is 12.5. The van der Waals surface area contributed by atoms with Crippen LogP contribution in [0.25, 0.3) is 21.9 Å². The van der Waals surface area contributed by atoms with Gasteiger partial charge in [0.2, 0.25) is 11.8 Å². The first-order valence-corrected chi connectivity index (χ1v) is 14.5. The third-order valence-corrected chi connectivity index (χ3v) is 7.97. The highest BCUT2D eigenvalue weighted by Crippen LogP contribution is 2.48. The molecule has 1 aromatic carbocycles. The number of rotatable bonds is 6. The van der Waals surface area contributed by atoms with Gasteiger partial charge in [0.25, 0.3) is 0 Å². The van der Waals surface area contributed by atoms with Gasteiger partial charge in [0, 0.05) is 18.0 Å². The van der Waals surface area contributed by atoms with Gasteiger partial charge < -0.3 is 30.6 Å². The first kappa shape index (κ1) is 27.9. The molecule has 2 fully saturated rings. The maximum atomic E-state index is 13.9. The van der Waals surface area contributed by atoms with Crippen molar-refractivity contribution in [3.05, 3.63) is 52.9 Å². The zero-order valence-corrected chi connectivity index (χ0v) is 25.0. The summed E-state index contributed by atoms with van der Waals surface area (Å²) in [6.45, 7) is 5.63. The topological polar surface area (TPSA) is 157 Å². The molecule has 0 radical (unpaired) electrons. The number of nitrogens with one attached hydrogen (secondary N) is 2. The van der Waals surface area contributed by atoms with Gasteiger partial charge >= 0.3 is 6.09 Å². The van der Waals surface area contributed by atoms with Crippen molar-refractivity contribution in [2.24, 2.45) is 5.92 Å². The first-order chi connectivity index (χ1) is 20.0. The summed E-state index contributed by atoms with van der Waals surface area (Å²) in [5, 5.41) is 7.02. The fourth-order valence-electron chi connectivity index (χ4n) is 5.70. The zero-order valence-electron chi connectivity index (χ0n) is 23.4. The van der Waals surface area contributed by atoms with E-state index in [-0.39, 0.29) is 36.8 Å². The number of carbonyl (C=O) groups is 3. The molecule has 13 heteroatoms. The number of carbonyl (C=O) groups excluding carboxylic acids is 3. The molecule has 6 rings (SSSR count). The van der Waals surface area contributed by atoms with E-state index in [0.717, 1.165) is 22.9 Å². The Labute approximate surface area is 250 Å². The predicted molar refractivity (Wildman–Crippen MR) is 160 cm³/mol. The van der Waals surface area contributed by atoms with E-state index in [0.29, 0.717) is 33.8 Å². The number of amides is 3. The van der Waals surface area contributed by atoms with Gasteiger partial charge in [-0.05, 0) is 85.3 Å². The average molecular weight is 636 g/mol. The van der Waals surface area contributed by atoms with E-state index < -0.39 is 17.7 Å². The Hall–Kier alpha value is -4.26. The normalized spacial score (nSPS) is 19.5. The molecule has 42 heavy (non-hydrogen) atoms. The van der Waals surface area contributed by atoms with E-state index >= 15 is 0 Å². The van der Waals surface area contributed by atoms with Crippen molar-refractivity contribution >= 4 is 67.4 Å². The Bertz CT molecular complexity index is 1730. The Morgan fingerprint density at radius 1 is 1.14 bits per heavy atom. The van der Waals surface area contributed by atoms with Gasteiger partial charge in [0.05, 0.1) is 10.9 Å². The minimum Gasteiger partial charge on any atom is -0.444 e. The largest absolute Gasteiger partial charge is 0.444 e. The molecule has 1 saturated heterocycles. The number of hydrogen-bond acceptors (Lipinski definition) is 8. The number of pyridine rings is 1. The summed E-state index contributed by atoms with van der Waals surface area (Å²) in [6.07, 6.45) is 2.36. The van der Waals surface area contributed by atoms with Crippen LogP contribution in [0, 0.1) is 5.92 Å². The Morgan fingerprint density at radius 2 is 1.95 bits per heavy atom. The highest BCUT2D eigenvalue weighted by atomic mass is 79.9. The van der Waals surface area contributed by atoms with Crippen molar-refractivity contribution in [1.29, 1.82) is 0 Å². The maximum absolute atomic E-state index is 13.9. The number of anilines is 2. The minimum atomic E-state index is -0.606. The second-order valence-electron chi connectivity index (χ2n) is 11.7. The molecular formula is C29H31BrN8O4. The lowest BCUT2D eigenvalue weighted by Crippen LogP contribution is -2.46. The van der Waals surface area contributed by atoms with Crippen molar-refractivity contribution in [2.45, 2.75) is 64.4 Å². The third-order valence-electron chi connectivity index (χ3n) is 7.52. The van der Waals surface area contributed by atoms with E-state index in [1.54, 1.807) is 43.9 Å². The number of likely N-dealkylation sites (tertiary alicyclic amines) is 1. The smallest absolute Gasteiger partial charge is 0.407 e. The molecule has 3 atom stereocenters. The van der Waals surface area contributed by atoms with Crippen LogP contribution in [0.5, 0.6) is 0 Å². The Kier molecular flexibility index (Phi) is 7.00. The molecule has 12 nitrogen and oxygen atoms in total. The van der Waals surface area contributed by atoms with Gasteiger partial charge in [-0.1, -0.05) is 12.1 Å². The van der Waals surface area contributed by atoms with Crippen LogP contribution in [-0.4, -0.2) is 60.0 Å². The van der Waals surface area contributed by atoms with Crippen molar-refractivity contribution < 1.29 is 19.1 Å². The number of halogens is 1. The lowest BCUT2D eigenvalue weighted by Gasteiger charge is -2.27. The number of nitrogens with two attached hydrogens (primary N) is 1. The van der Waals surface area contributed by atoms with Crippen molar-refractivity contribution in [3.63, 3.8) is 0 Å². The fraction of sp³-hybridized carbons (Fsp3) is 0.379. The summed E-state index contributed by atoms with van der Waals surface area (Å²) in [7, 11) is 0. The monoisotopic (exact) mass is 634 g/mol. The number of nitrogens with zero attached hydrogens (tertiary/aromatic N) is 5. The average Bonchev–Trinajstić information content (AvgIpc) is 3.46. The Balaban J connectivity index is 1.26. The molecular weight excluding hydrogens is 604 g/mol. The van der Waals surface area contributed by atoms with Crippen LogP contribution < -0.4 is 16.4 Å². The minimum absolute atomic E-state index is 0.0197. The quantitative estimate of drug-likeness (QED) is 0.269. The molecule has 3 amide bonds. The number of nitrogen functional groups attached to an aromatic ring is 1. The van der Waals surface area contributed by atoms with Crippen molar-refractivity contribution in [3.8, 4) is 0 Å². The van der Waals surface area contributed by atoms with Gasteiger partial charge in [-0.2, -0.15) is 0 Å². The van der Waals surface area contributed by atoms with E-state index in [9.17, 15) is 14.4 Å². The predicted octanol–water partition coefficient (Wildman–Crippen LogP) is 3.98. The van der Waals surface area contributed by atoms with E-state index in [1.807, 2.05) is 22.8 Å². The second kappa shape index (κ2) is 10.5. The number of aromatic nitrogens is 4. The van der Waals surface area contributed by atoms with Gasteiger partial charge in [0.1, 0.15) is 46.4 Å². The summed E-state index contributed by atoms with van der Waals surface area (Å²) in [5.41, 5.74) is 7.78. The summed E-state index contributed by atoms with van der Waals surface area (Å²) < 4.78 is 7.76. The fourth-order valence-corrected chi connectivity index (χ4v) is 6.04. The molecule has 0 bridgehead atoms. The number of piperidine rings is 1. The van der Waals surface area contributed by atoms with Crippen LogP contribution in [0.2, 0.25) is 0 Å². The number of fused-ring (bicyclic) bond motifs is 4. The summed E-state index contributed by atoms with van der Waals surface area (Å²) in [4.78, 5) is 54.0. The number of hydrogen-bond donors (Lipinski definition) is 3. The van der Waals surface area contributed by atoms with Crippen LogP contribution in [0.4, 0.5) is 16.4 Å². The number of ether oxygens (including phenoxy) is 1. The summed E-state index contributed by atoms with van der Waals surface area (Å²) in [6, 6.07) is 10.4. The van der Waals surface area contributed by atoms with Gasteiger partial charge in [-0.15, -0.1) is 0 Å². The SMILES string of the molecule is CC(C)(C)OC(=O)NCc1ccc2c(c1)c1c(N)ncnc1n2CC(=O)N1[C@@H]2C[C@@H]2C[C@H]1C(=O)Nc1cccc(Br)n1. The zero-order chi connectivity index (χ0) is 29.8. The summed E-state index contributed by atoms with van der Waals surface area (Å²) >= 11 is 3.32.